The van der Waals surface area contributed by atoms with E-state index >= 15 is 0 Å². The number of nitrogens with one attached hydrogen (secondary N) is 2. The highest BCUT2D eigenvalue weighted by Crippen LogP contribution is 2.17. The highest BCUT2D eigenvalue weighted by atomic mass is 16.4. The lowest BCUT2D eigenvalue weighted by atomic mass is 9.75. The predicted molar refractivity (Wildman–Crippen MR) is 85.8 cm³/mol. The molecule has 1 aliphatic carbocycles. The van der Waals surface area contributed by atoms with Gasteiger partial charge >= 0.3 is 7.12 Å². The van der Waals surface area contributed by atoms with Gasteiger partial charge in [0, 0.05) is 6.04 Å². The van der Waals surface area contributed by atoms with Gasteiger partial charge in [-0.05, 0) is 32.1 Å². The summed E-state index contributed by atoms with van der Waals surface area (Å²) in [6, 6.07) is 0.159. The van der Waals surface area contributed by atoms with Gasteiger partial charge in [-0.2, -0.15) is 0 Å². The van der Waals surface area contributed by atoms with Crippen molar-refractivity contribution >= 4 is 18.9 Å². The molecule has 0 saturated heterocycles. The second-order valence-electron chi connectivity index (χ2n) is 6.72. The highest BCUT2D eigenvalue weighted by Gasteiger charge is 2.30. The van der Waals surface area contributed by atoms with Crippen molar-refractivity contribution < 1.29 is 19.6 Å². The molecule has 0 aromatic carbocycles. The van der Waals surface area contributed by atoms with Gasteiger partial charge in [0.25, 0.3) is 0 Å². The van der Waals surface area contributed by atoms with Crippen LogP contribution in [0.1, 0.15) is 59.3 Å². The van der Waals surface area contributed by atoms with E-state index in [0.717, 1.165) is 25.7 Å². The molecule has 0 aromatic heterocycles. The fourth-order valence-corrected chi connectivity index (χ4v) is 2.76. The van der Waals surface area contributed by atoms with Crippen molar-refractivity contribution in [2.24, 2.45) is 11.8 Å². The van der Waals surface area contributed by atoms with Crippen LogP contribution in [0.2, 0.25) is 0 Å². The summed E-state index contributed by atoms with van der Waals surface area (Å²) in [5, 5.41) is 24.1. The van der Waals surface area contributed by atoms with Crippen LogP contribution in [0.25, 0.3) is 0 Å². The van der Waals surface area contributed by atoms with Crippen LogP contribution in [0.15, 0.2) is 0 Å². The molecule has 22 heavy (non-hydrogen) atoms. The van der Waals surface area contributed by atoms with Crippen LogP contribution in [0.4, 0.5) is 0 Å². The SMILES string of the molecule is CC(C)CC(NC(=O)C(C)C(=O)NC1CCCCC1)B(O)O. The van der Waals surface area contributed by atoms with E-state index in [4.69, 9.17) is 0 Å². The molecule has 1 saturated carbocycles. The Hall–Kier alpha value is -1.08. The zero-order chi connectivity index (χ0) is 16.7. The molecule has 0 bridgehead atoms. The molecule has 7 heteroatoms. The molecular weight excluding hydrogens is 283 g/mol. The monoisotopic (exact) mass is 312 g/mol. The van der Waals surface area contributed by atoms with Crippen molar-refractivity contribution in [3.63, 3.8) is 0 Å². The Morgan fingerprint density at radius 3 is 2.18 bits per heavy atom. The first-order valence-corrected chi connectivity index (χ1v) is 8.28. The third-order valence-electron chi connectivity index (χ3n) is 4.15. The van der Waals surface area contributed by atoms with Crippen LogP contribution in [0.3, 0.4) is 0 Å². The summed E-state index contributed by atoms with van der Waals surface area (Å²) in [6.07, 6.45) is 5.79. The lowest BCUT2D eigenvalue weighted by Crippen LogP contribution is -2.51. The fraction of sp³-hybridized carbons (Fsp3) is 0.867. The Bertz CT molecular complexity index is 371. The second-order valence-corrected chi connectivity index (χ2v) is 6.72. The van der Waals surface area contributed by atoms with Gasteiger partial charge in [0.1, 0.15) is 5.92 Å². The van der Waals surface area contributed by atoms with Gasteiger partial charge < -0.3 is 20.7 Å². The van der Waals surface area contributed by atoms with Gasteiger partial charge in [-0.25, -0.2) is 0 Å². The van der Waals surface area contributed by atoms with E-state index in [0.29, 0.717) is 6.42 Å². The first-order valence-electron chi connectivity index (χ1n) is 8.28. The molecule has 0 heterocycles. The summed E-state index contributed by atoms with van der Waals surface area (Å²) in [5.74, 6) is -2.14. The van der Waals surface area contributed by atoms with Gasteiger partial charge in [-0.1, -0.05) is 33.1 Å². The van der Waals surface area contributed by atoms with Crippen LogP contribution in [0, 0.1) is 11.8 Å². The number of hydrogen-bond acceptors (Lipinski definition) is 4. The number of carbonyl (C=O) groups is 2. The third kappa shape index (κ3) is 6.36. The zero-order valence-corrected chi connectivity index (χ0v) is 13.8. The second kappa shape index (κ2) is 9.15. The summed E-state index contributed by atoms with van der Waals surface area (Å²) in [7, 11) is -1.63. The molecule has 4 N–H and O–H groups in total. The van der Waals surface area contributed by atoms with Crippen LogP contribution < -0.4 is 10.6 Å². The van der Waals surface area contributed by atoms with Crippen LogP contribution in [-0.2, 0) is 9.59 Å². The zero-order valence-electron chi connectivity index (χ0n) is 13.8. The Morgan fingerprint density at radius 2 is 1.68 bits per heavy atom. The van der Waals surface area contributed by atoms with Crippen molar-refractivity contribution in [1.82, 2.24) is 10.6 Å². The van der Waals surface area contributed by atoms with Crippen molar-refractivity contribution in [2.45, 2.75) is 71.3 Å². The molecular formula is C15H29BN2O4. The highest BCUT2D eigenvalue weighted by molar-refractivity contribution is 6.43. The first-order chi connectivity index (χ1) is 10.3. The van der Waals surface area contributed by atoms with Crippen molar-refractivity contribution in [3.8, 4) is 0 Å². The van der Waals surface area contributed by atoms with Crippen LogP contribution >= 0.6 is 0 Å². The minimum absolute atomic E-state index is 0.159. The summed E-state index contributed by atoms with van der Waals surface area (Å²) in [4.78, 5) is 24.3. The molecule has 1 rings (SSSR count). The molecule has 1 aliphatic rings. The van der Waals surface area contributed by atoms with Crippen molar-refractivity contribution in [2.75, 3.05) is 0 Å². The van der Waals surface area contributed by atoms with E-state index in [2.05, 4.69) is 10.6 Å². The summed E-state index contributed by atoms with van der Waals surface area (Å²) >= 11 is 0. The molecule has 6 nitrogen and oxygen atoms in total. The van der Waals surface area contributed by atoms with Gasteiger partial charge in [-0.15, -0.1) is 0 Å². The van der Waals surface area contributed by atoms with E-state index in [-0.39, 0.29) is 17.9 Å². The molecule has 2 unspecified atom stereocenters. The Morgan fingerprint density at radius 1 is 1.09 bits per heavy atom. The predicted octanol–water partition coefficient (Wildman–Crippen LogP) is 0.614. The maximum Gasteiger partial charge on any atom is 0.475 e. The average Bonchev–Trinajstić information content (AvgIpc) is 2.46. The minimum Gasteiger partial charge on any atom is -0.426 e. The maximum absolute atomic E-state index is 12.1. The van der Waals surface area contributed by atoms with E-state index in [1.54, 1.807) is 6.92 Å². The molecule has 126 valence electrons. The Kier molecular flexibility index (Phi) is 7.89. The normalized spacial score (nSPS) is 18.6. The van der Waals surface area contributed by atoms with E-state index in [9.17, 15) is 19.6 Å². The Balaban J connectivity index is 2.49. The number of hydrogen-bond donors (Lipinski definition) is 4. The minimum atomic E-state index is -1.63. The van der Waals surface area contributed by atoms with Gasteiger partial charge in [-0.3, -0.25) is 9.59 Å². The molecule has 1 fully saturated rings. The van der Waals surface area contributed by atoms with Crippen molar-refractivity contribution in [3.05, 3.63) is 0 Å². The van der Waals surface area contributed by atoms with E-state index < -0.39 is 24.9 Å². The molecule has 2 amide bonds. The van der Waals surface area contributed by atoms with E-state index in [1.807, 2.05) is 13.8 Å². The largest absolute Gasteiger partial charge is 0.475 e. The smallest absolute Gasteiger partial charge is 0.426 e. The number of carbonyl (C=O) groups excluding carboxylic acids is 2. The summed E-state index contributed by atoms with van der Waals surface area (Å²) in [5.41, 5.74) is 0. The first kappa shape index (κ1) is 19.0. The fourth-order valence-electron chi connectivity index (χ4n) is 2.76. The molecule has 0 aliphatic heterocycles. The standard InChI is InChI=1S/C15H29BN2O4/c1-10(2)9-13(16(21)22)18-15(20)11(3)14(19)17-12-7-5-4-6-8-12/h10-13,21-22H,4-9H2,1-3H3,(H,17,19)(H,18,20). The lowest BCUT2D eigenvalue weighted by molar-refractivity contribution is -0.135. The Labute approximate surface area is 133 Å². The molecule has 0 aromatic rings. The molecule has 0 radical (unpaired) electrons. The van der Waals surface area contributed by atoms with Gasteiger partial charge in [0.05, 0.1) is 5.94 Å². The summed E-state index contributed by atoms with van der Waals surface area (Å²) < 4.78 is 0. The third-order valence-corrected chi connectivity index (χ3v) is 4.15. The van der Waals surface area contributed by atoms with E-state index in [1.165, 1.54) is 6.42 Å². The number of amides is 2. The quantitative estimate of drug-likeness (QED) is 0.409. The molecule has 2 atom stereocenters. The van der Waals surface area contributed by atoms with Gasteiger partial charge in [0.2, 0.25) is 11.8 Å². The van der Waals surface area contributed by atoms with Crippen LogP contribution in [0.5, 0.6) is 0 Å². The van der Waals surface area contributed by atoms with Gasteiger partial charge in [0.15, 0.2) is 0 Å². The number of rotatable bonds is 7. The maximum atomic E-state index is 12.1. The average molecular weight is 312 g/mol. The van der Waals surface area contributed by atoms with Crippen LogP contribution in [-0.4, -0.2) is 41.0 Å². The summed E-state index contributed by atoms with van der Waals surface area (Å²) in [6.45, 7) is 5.41. The molecule has 0 spiro atoms. The van der Waals surface area contributed by atoms with Crippen molar-refractivity contribution in [1.29, 1.82) is 0 Å². The lowest BCUT2D eigenvalue weighted by Gasteiger charge is -2.25. The topological polar surface area (TPSA) is 98.7 Å².